The van der Waals surface area contributed by atoms with Gasteiger partial charge in [-0.1, -0.05) is 6.07 Å². The van der Waals surface area contributed by atoms with Crippen molar-refractivity contribution in [3.63, 3.8) is 0 Å². The lowest BCUT2D eigenvalue weighted by Gasteiger charge is -2.19. The van der Waals surface area contributed by atoms with Crippen LogP contribution >= 0.6 is 0 Å². The quantitative estimate of drug-likeness (QED) is 0.785. The Balaban J connectivity index is 1.83. The van der Waals surface area contributed by atoms with Gasteiger partial charge < -0.3 is 20.5 Å². The van der Waals surface area contributed by atoms with Crippen molar-refractivity contribution in [3.8, 4) is 11.5 Å². The number of fused-ring (bicyclic) bond motifs is 1. The van der Waals surface area contributed by atoms with Crippen LogP contribution in [-0.4, -0.2) is 19.4 Å². The summed E-state index contributed by atoms with van der Waals surface area (Å²) in [6.45, 7) is 1.39. The minimum Gasteiger partial charge on any atom is -0.454 e. The molecule has 1 saturated heterocycles. The highest BCUT2D eigenvalue weighted by Crippen LogP contribution is 2.34. The van der Waals surface area contributed by atoms with Crippen LogP contribution in [0.4, 0.5) is 0 Å². The second-order valence-electron chi connectivity index (χ2n) is 4.34. The summed E-state index contributed by atoms with van der Waals surface area (Å²) in [5.74, 6) is 1.63. The standard InChI is InChI=1S/C12H16N2O2/c13-12(9-2-1-5-14-9)8-3-4-10-11(6-8)16-7-15-10/h3-4,6,9,12,14H,1-2,5,7,13H2. The van der Waals surface area contributed by atoms with E-state index < -0.39 is 0 Å². The van der Waals surface area contributed by atoms with Gasteiger partial charge in [-0.15, -0.1) is 0 Å². The molecule has 2 unspecified atom stereocenters. The largest absolute Gasteiger partial charge is 0.454 e. The summed E-state index contributed by atoms with van der Waals surface area (Å²) in [6, 6.07) is 6.38. The van der Waals surface area contributed by atoms with E-state index in [4.69, 9.17) is 15.2 Å². The molecule has 1 aromatic carbocycles. The Morgan fingerprint density at radius 3 is 3.00 bits per heavy atom. The molecular weight excluding hydrogens is 204 g/mol. The van der Waals surface area contributed by atoms with Crippen LogP contribution in [0.3, 0.4) is 0 Å². The first-order valence-corrected chi connectivity index (χ1v) is 5.73. The first-order valence-electron chi connectivity index (χ1n) is 5.73. The van der Waals surface area contributed by atoms with E-state index in [0.717, 1.165) is 30.0 Å². The van der Waals surface area contributed by atoms with Crippen molar-refractivity contribution in [2.24, 2.45) is 5.73 Å². The topological polar surface area (TPSA) is 56.5 Å². The minimum atomic E-state index is 0.0389. The highest BCUT2D eigenvalue weighted by atomic mass is 16.7. The van der Waals surface area contributed by atoms with Gasteiger partial charge >= 0.3 is 0 Å². The molecule has 0 bridgehead atoms. The van der Waals surface area contributed by atoms with Gasteiger partial charge in [0, 0.05) is 12.1 Å². The van der Waals surface area contributed by atoms with E-state index in [9.17, 15) is 0 Å². The molecule has 0 amide bonds. The molecule has 0 spiro atoms. The van der Waals surface area contributed by atoms with E-state index >= 15 is 0 Å². The molecular formula is C12H16N2O2. The summed E-state index contributed by atoms with van der Waals surface area (Å²) in [6.07, 6.45) is 2.36. The fourth-order valence-corrected chi connectivity index (χ4v) is 2.37. The van der Waals surface area contributed by atoms with E-state index in [0.29, 0.717) is 12.8 Å². The van der Waals surface area contributed by atoms with Gasteiger partial charge in [-0.25, -0.2) is 0 Å². The van der Waals surface area contributed by atoms with Crippen LogP contribution in [0.25, 0.3) is 0 Å². The van der Waals surface area contributed by atoms with E-state index in [-0.39, 0.29) is 6.04 Å². The number of nitrogens with two attached hydrogens (primary N) is 1. The van der Waals surface area contributed by atoms with Crippen LogP contribution in [0.1, 0.15) is 24.4 Å². The van der Waals surface area contributed by atoms with E-state index in [1.807, 2.05) is 18.2 Å². The van der Waals surface area contributed by atoms with Crippen molar-refractivity contribution >= 4 is 0 Å². The zero-order valence-electron chi connectivity index (χ0n) is 9.11. The predicted molar refractivity (Wildman–Crippen MR) is 60.5 cm³/mol. The normalized spacial score (nSPS) is 24.7. The number of nitrogens with one attached hydrogen (secondary N) is 1. The SMILES string of the molecule is NC(c1ccc2c(c1)OCO2)C1CCCN1. The van der Waals surface area contributed by atoms with Crippen LogP contribution in [0, 0.1) is 0 Å². The highest BCUT2D eigenvalue weighted by molar-refractivity contribution is 5.45. The van der Waals surface area contributed by atoms with Gasteiger partial charge in [0.2, 0.25) is 6.79 Å². The van der Waals surface area contributed by atoms with Crippen molar-refractivity contribution in [2.45, 2.75) is 24.9 Å². The Labute approximate surface area is 94.7 Å². The first-order chi connectivity index (χ1) is 7.84. The molecule has 86 valence electrons. The fraction of sp³-hybridized carbons (Fsp3) is 0.500. The zero-order chi connectivity index (χ0) is 11.0. The Morgan fingerprint density at radius 1 is 1.31 bits per heavy atom. The van der Waals surface area contributed by atoms with Gasteiger partial charge in [-0.3, -0.25) is 0 Å². The third-order valence-electron chi connectivity index (χ3n) is 3.31. The number of ether oxygens (including phenoxy) is 2. The smallest absolute Gasteiger partial charge is 0.231 e. The molecule has 0 saturated carbocycles. The molecule has 4 nitrogen and oxygen atoms in total. The Hall–Kier alpha value is -1.26. The van der Waals surface area contributed by atoms with Gasteiger partial charge in [0.15, 0.2) is 11.5 Å². The molecule has 4 heteroatoms. The molecule has 0 aliphatic carbocycles. The van der Waals surface area contributed by atoms with Gasteiger partial charge in [-0.2, -0.15) is 0 Å². The molecule has 1 aromatic rings. The summed E-state index contributed by atoms with van der Waals surface area (Å²) in [7, 11) is 0. The number of benzene rings is 1. The Morgan fingerprint density at radius 2 is 2.19 bits per heavy atom. The summed E-state index contributed by atoms with van der Waals surface area (Å²) in [4.78, 5) is 0. The summed E-state index contributed by atoms with van der Waals surface area (Å²) >= 11 is 0. The third kappa shape index (κ3) is 1.64. The first kappa shape index (κ1) is 9.93. The highest BCUT2D eigenvalue weighted by Gasteiger charge is 2.24. The summed E-state index contributed by atoms with van der Waals surface area (Å²) < 4.78 is 10.6. The maximum Gasteiger partial charge on any atom is 0.231 e. The third-order valence-corrected chi connectivity index (χ3v) is 3.31. The maximum absolute atomic E-state index is 6.24. The molecule has 2 heterocycles. The van der Waals surface area contributed by atoms with Gasteiger partial charge in [-0.05, 0) is 37.1 Å². The Bertz CT molecular complexity index is 389. The lowest BCUT2D eigenvalue weighted by atomic mass is 9.99. The second-order valence-corrected chi connectivity index (χ2v) is 4.34. The van der Waals surface area contributed by atoms with Crippen LogP contribution in [0.5, 0.6) is 11.5 Å². The molecule has 0 radical (unpaired) electrons. The average Bonchev–Trinajstić information content (AvgIpc) is 2.98. The van der Waals surface area contributed by atoms with Crippen LogP contribution < -0.4 is 20.5 Å². The average molecular weight is 220 g/mol. The van der Waals surface area contributed by atoms with Crippen molar-refractivity contribution in [3.05, 3.63) is 23.8 Å². The van der Waals surface area contributed by atoms with Crippen LogP contribution in [0.2, 0.25) is 0 Å². The van der Waals surface area contributed by atoms with Crippen LogP contribution in [-0.2, 0) is 0 Å². The molecule has 0 aromatic heterocycles. The van der Waals surface area contributed by atoms with Gasteiger partial charge in [0.1, 0.15) is 0 Å². The minimum absolute atomic E-state index is 0.0389. The number of hydrogen-bond acceptors (Lipinski definition) is 4. The monoisotopic (exact) mass is 220 g/mol. The van der Waals surface area contributed by atoms with E-state index in [1.54, 1.807) is 0 Å². The molecule has 3 rings (SSSR count). The summed E-state index contributed by atoms with van der Waals surface area (Å²) in [5, 5.41) is 3.43. The molecule has 1 fully saturated rings. The number of hydrogen-bond donors (Lipinski definition) is 2. The van der Waals surface area contributed by atoms with Crippen LogP contribution in [0.15, 0.2) is 18.2 Å². The van der Waals surface area contributed by atoms with E-state index in [1.165, 1.54) is 6.42 Å². The maximum atomic E-state index is 6.24. The number of rotatable bonds is 2. The summed E-state index contributed by atoms with van der Waals surface area (Å²) in [5.41, 5.74) is 7.35. The predicted octanol–water partition coefficient (Wildman–Crippen LogP) is 1.17. The van der Waals surface area contributed by atoms with Crippen molar-refractivity contribution in [1.29, 1.82) is 0 Å². The molecule has 2 atom stereocenters. The lowest BCUT2D eigenvalue weighted by molar-refractivity contribution is 0.174. The van der Waals surface area contributed by atoms with E-state index in [2.05, 4.69) is 5.32 Å². The molecule has 16 heavy (non-hydrogen) atoms. The van der Waals surface area contributed by atoms with Crippen molar-refractivity contribution in [2.75, 3.05) is 13.3 Å². The molecule has 2 aliphatic heterocycles. The van der Waals surface area contributed by atoms with Gasteiger partial charge in [0.05, 0.1) is 0 Å². The molecule has 2 aliphatic rings. The van der Waals surface area contributed by atoms with Crippen molar-refractivity contribution in [1.82, 2.24) is 5.32 Å². The fourth-order valence-electron chi connectivity index (χ4n) is 2.37. The second kappa shape index (κ2) is 3.96. The Kier molecular flexibility index (Phi) is 2.46. The van der Waals surface area contributed by atoms with Gasteiger partial charge in [0.25, 0.3) is 0 Å². The zero-order valence-corrected chi connectivity index (χ0v) is 9.11. The molecule has 3 N–H and O–H groups in total. The van der Waals surface area contributed by atoms with Crippen molar-refractivity contribution < 1.29 is 9.47 Å². The lowest BCUT2D eigenvalue weighted by Crippen LogP contribution is -2.34.